The Hall–Kier alpha value is -1.95. The minimum atomic E-state index is -0.0776. The van der Waals surface area contributed by atoms with E-state index in [-0.39, 0.29) is 5.91 Å². The molecule has 26 heavy (non-hydrogen) atoms. The molecule has 0 atom stereocenters. The summed E-state index contributed by atoms with van der Waals surface area (Å²) < 4.78 is 5.93. The van der Waals surface area contributed by atoms with Crippen molar-refractivity contribution in [2.45, 2.75) is 6.61 Å². The number of benzene rings is 2. The molecule has 1 fully saturated rings. The number of hydrogen-bond acceptors (Lipinski definition) is 4. The third-order valence-electron chi connectivity index (χ3n) is 3.80. The molecule has 1 saturated heterocycles. The smallest absolute Gasteiger partial charge is 0.266 e. The minimum absolute atomic E-state index is 0.0776. The van der Waals surface area contributed by atoms with Crippen LogP contribution in [0, 0.1) is 0 Å². The van der Waals surface area contributed by atoms with Crippen LogP contribution >= 0.6 is 35.0 Å². The molecule has 2 aromatic carbocycles. The number of aliphatic imine (C=N–C) groups is 1. The zero-order chi connectivity index (χ0) is 18.7. The fourth-order valence-electron chi connectivity index (χ4n) is 2.42. The molecule has 1 amide bonds. The monoisotopic (exact) mass is 406 g/mol. The fraction of sp³-hybridized carbons (Fsp3) is 0.158. The number of thioether (sulfide) groups is 1. The van der Waals surface area contributed by atoms with E-state index in [1.54, 1.807) is 26.2 Å². The van der Waals surface area contributed by atoms with Crippen molar-refractivity contribution >= 4 is 52.1 Å². The number of carbonyl (C=O) groups is 1. The normalized spacial score (nSPS) is 17.4. The second-order valence-corrected chi connectivity index (χ2v) is 7.40. The zero-order valence-corrected chi connectivity index (χ0v) is 16.5. The van der Waals surface area contributed by atoms with Crippen LogP contribution in [0.3, 0.4) is 0 Å². The highest BCUT2D eigenvalue weighted by molar-refractivity contribution is 8.18. The summed E-state index contributed by atoms with van der Waals surface area (Å²) in [5.74, 6) is 0.593. The van der Waals surface area contributed by atoms with E-state index in [1.807, 2.05) is 36.4 Å². The number of amidine groups is 1. The molecule has 0 radical (unpaired) electrons. The Balaban J connectivity index is 1.83. The van der Waals surface area contributed by atoms with E-state index < -0.39 is 0 Å². The summed E-state index contributed by atoms with van der Waals surface area (Å²) in [4.78, 5) is 18.6. The third-order valence-corrected chi connectivity index (χ3v) is 5.54. The van der Waals surface area contributed by atoms with Crippen LogP contribution in [0.5, 0.6) is 5.75 Å². The van der Waals surface area contributed by atoms with Crippen LogP contribution in [0.2, 0.25) is 10.0 Å². The second-order valence-electron chi connectivity index (χ2n) is 5.54. The van der Waals surface area contributed by atoms with Gasteiger partial charge in [-0.25, -0.2) is 0 Å². The van der Waals surface area contributed by atoms with Gasteiger partial charge in [-0.3, -0.25) is 14.7 Å². The first-order chi connectivity index (χ1) is 12.5. The topological polar surface area (TPSA) is 41.9 Å². The van der Waals surface area contributed by atoms with Crippen molar-refractivity contribution < 1.29 is 9.53 Å². The first kappa shape index (κ1) is 18.8. The number of para-hydroxylation sites is 1. The van der Waals surface area contributed by atoms with Crippen LogP contribution in [0.15, 0.2) is 52.4 Å². The Morgan fingerprint density at radius 1 is 1.23 bits per heavy atom. The van der Waals surface area contributed by atoms with E-state index in [0.717, 1.165) is 11.1 Å². The van der Waals surface area contributed by atoms with Gasteiger partial charge in [0.15, 0.2) is 5.17 Å². The van der Waals surface area contributed by atoms with Crippen molar-refractivity contribution in [2.24, 2.45) is 4.99 Å². The van der Waals surface area contributed by atoms with Gasteiger partial charge in [-0.2, -0.15) is 0 Å². The molecular weight excluding hydrogens is 391 g/mol. The largest absolute Gasteiger partial charge is 0.488 e. The van der Waals surface area contributed by atoms with E-state index in [0.29, 0.717) is 32.5 Å². The van der Waals surface area contributed by atoms with Gasteiger partial charge in [0.2, 0.25) is 0 Å². The Labute approximate surface area is 166 Å². The predicted octanol–water partition coefficient (Wildman–Crippen LogP) is 5.10. The summed E-state index contributed by atoms with van der Waals surface area (Å²) in [5.41, 5.74) is 1.66. The van der Waals surface area contributed by atoms with Crippen molar-refractivity contribution in [2.75, 3.05) is 14.1 Å². The van der Waals surface area contributed by atoms with E-state index in [4.69, 9.17) is 27.9 Å². The number of amides is 1. The predicted molar refractivity (Wildman–Crippen MR) is 109 cm³/mol. The Kier molecular flexibility index (Phi) is 5.91. The highest BCUT2D eigenvalue weighted by Crippen LogP contribution is 2.33. The first-order valence-electron chi connectivity index (χ1n) is 7.79. The van der Waals surface area contributed by atoms with Gasteiger partial charge in [-0.15, -0.1) is 0 Å². The average molecular weight is 407 g/mol. The molecule has 0 spiro atoms. The molecule has 1 heterocycles. The number of hydrogen-bond donors (Lipinski definition) is 0. The van der Waals surface area contributed by atoms with E-state index >= 15 is 0 Å². The van der Waals surface area contributed by atoms with Crippen molar-refractivity contribution in [3.63, 3.8) is 0 Å². The van der Waals surface area contributed by atoms with Gasteiger partial charge in [0.05, 0.1) is 4.91 Å². The van der Waals surface area contributed by atoms with Crippen molar-refractivity contribution in [1.29, 1.82) is 0 Å². The average Bonchev–Trinajstić information content (AvgIpc) is 2.90. The third kappa shape index (κ3) is 4.06. The molecule has 0 bridgehead atoms. The lowest BCUT2D eigenvalue weighted by molar-refractivity contribution is -0.121. The number of likely N-dealkylation sites (N-methyl/N-ethyl adjacent to an activating group) is 1. The van der Waals surface area contributed by atoms with Gasteiger partial charge in [-0.05, 0) is 36.0 Å². The number of halogens is 2. The molecule has 4 nitrogen and oxygen atoms in total. The number of ether oxygens (including phenoxy) is 1. The van der Waals surface area contributed by atoms with E-state index in [1.165, 1.54) is 16.7 Å². The summed E-state index contributed by atoms with van der Waals surface area (Å²) in [5, 5.41) is 1.81. The lowest BCUT2D eigenvalue weighted by Gasteiger charge is -2.11. The van der Waals surface area contributed by atoms with Crippen LogP contribution in [-0.2, 0) is 11.4 Å². The highest BCUT2D eigenvalue weighted by Gasteiger charge is 2.29. The fourth-order valence-corrected chi connectivity index (χ4v) is 3.80. The maximum absolute atomic E-state index is 12.3. The number of nitrogens with zero attached hydrogens (tertiary/aromatic N) is 2. The Morgan fingerprint density at radius 3 is 2.69 bits per heavy atom. The molecule has 7 heteroatoms. The van der Waals surface area contributed by atoms with Gasteiger partial charge in [0, 0.05) is 35.3 Å². The van der Waals surface area contributed by atoms with Crippen molar-refractivity contribution in [1.82, 2.24) is 4.90 Å². The minimum Gasteiger partial charge on any atom is -0.488 e. The Bertz CT molecular complexity index is 912. The summed E-state index contributed by atoms with van der Waals surface area (Å²) in [6, 6.07) is 12.8. The molecule has 0 unspecified atom stereocenters. The van der Waals surface area contributed by atoms with Crippen LogP contribution in [0.1, 0.15) is 11.1 Å². The van der Waals surface area contributed by atoms with Gasteiger partial charge >= 0.3 is 0 Å². The van der Waals surface area contributed by atoms with Crippen molar-refractivity contribution in [3.8, 4) is 5.75 Å². The molecule has 0 aromatic heterocycles. The van der Waals surface area contributed by atoms with Crippen LogP contribution < -0.4 is 4.74 Å². The molecular formula is C19H16Cl2N2O2S. The summed E-state index contributed by atoms with van der Waals surface area (Å²) in [6.07, 6.45) is 1.82. The van der Waals surface area contributed by atoms with Crippen molar-refractivity contribution in [3.05, 3.63) is 68.5 Å². The SMILES string of the molecule is CN=C1S/C(=C/c2ccccc2OCc2ccc(Cl)cc2Cl)C(=O)N1C. The van der Waals surface area contributed by atoms with Gasteiger partial charge in [0.25, 0.3) is 5.91 Å². The second kappa shape index (κ2) is 8.16. The number of carbonyl (C=O) groups excluding carboxylic acids is 1. The molecule has 1 aliphatic rings. The Morgan fingerprint density at radius 2 is 2.00 bits per heavy atom. The van der Waals surface area contributed by atoms with Gasteiger partial charge < -0.3 is 4.74 Å². The van der Waals surface area contributed by atoms with E-state index in [9.17, 15) is 4.79 Å². The molecule has 0 N–H and O–H groups in total. The maximum Gasteiger partial charge on any atom is 0.266 e. The molecule has 134 valence electrons. The van der Waals surface area contributed by atoms with Gasteiger partial charge in [0.1, 0.15) is 12.4 Å². The lowest BCUT2D eigenvalue weighted by Crippen LogP contribution is -2.23. The van der Waals surface area contributed by atoms with Crippen LogP contribution in [0.4, 0.5) is 0 Å². The molecule has 0 saturated carbocycles. The van der Waals surface area contributed by atoms with Crippen LogP contribution in [-0.4, -0.2) is 30.1 Å². The highest BCUT2D eigenvalue weighted by atomic mass is 35.5. The quantitative estimate of drug-likeness (QED) is 0.662. The van der Waals surface area contributed by atoms with Gasteiger partial charge in [-0.1, -0.05) is 47.5 Å². The summed E-state index contributed by atoms with van der Waals surface area (Å²) >= 11 is 13.5. The number of rotatable bonds is 4. The standard InChI is InChI=1S/C19H16Cl2N2O2S/c1-22-19-23(2)18(24)17(26-19)9-12-5-3-4-6-16(12)25-11-13-7-8-14(20)10-15(13)21/h3-10H,11H2,1-2H3/b17-9+,22-19?. The molecule has 2 aromatic rings. The maximum atomic E-state index is 12.3. The van der Waals surface area contributed by atoms with E-state index in [2.05, 4.69) is 4.99 Å². The lowest BCUT2D eigenvalue weighted by atomic mass is 10.1. The van der Waals surface area contributed by atoms with Crippen LogP contribution in [0.25, 0.3) is 6.08 Å². The molecule has 0 aliphatic carbocycles. The molecule has 3 rings (SSSR count). The molecule has 1 aliphatic heterocycles. The zero-order valence-electron chi connectivity index (χ0n) is 14.2. The summed E-state index contributed by atoms with van der Waals surface area (Å²) in [6.45, 7) is 0.304. The summed E-state index contributed by atoms with van der Waals surface area (Å²) in [7, 11) is 3.38. The first-order valence-corrected chi connectivity index (χ1v) is 9.37.